The fourth-order valence-electron chi connectivity index (χ4n) is 3.35. The first-order valence-corrected chi connectivity index (χ1v) is 8.33. The summed E-state index contributed by atoms with van der Waals surface area (Å²) in [5.74, 6) is -1.18. The van der Waals surface area contributed by atoms with Crippen LogP contribution in [0.1, 0.15) is 34.4 Å². The van der Waals surface area contributed by atoms with Gasteiger partial charge in [0.2, 0.25) is 0 Å². The van der Waals surface area contributed by atoms with E-state index >= 15 is 0 Å². The van der Waals surface area contributed by atoms with Crippen molar-refractivity contribution in [3.63, 3.8) is 0 Å². The zero-order chi connectivity index (χ0) is 17.6. The van der Waals surface area contributed by atoms with Gasteiger partial charge in [-0.05, 0) is 19.1 Å². The average Bonchev–Trinajstić information content (AvgIpc) is 3.18. The molecule has 1 aliphatic heterocycles. The van der Waals surface area contributed by atoms with Gasteiger partial charge in [-0.15, -0.1) is 0 Å². The zero-order valence-corrected chi connectivity index (χ0v) is 14.2. The number of nitrogens with one attached hydrogen (secondary N) is 2. The third-order valence-electron chi connectivity index (χ3n) is 4.59. The molecular weight excluding hydrogens is 348 g/mol. The number of hydrogen-bond donors (Lipinski definition) is 2. The van der Waals surface area contributed by atoms with Crippen molar-refractivity contribution in [2.24, 2.45) is 0 Å². The quantitative estimate of drug-likeness (QED) is 0.748. The van der Waals surface area contributed by atoms with Crippen LogP contribution in [0.2, 0.25) is 5.02 Å². The van der Waals surface area contributed by atoms with E-state index in [0.29, 0.717) is 35.9 Å². The van der Waals surface area contributed by atoms with Crippen LogP contribution in [0.3, 0.4) is 0 Å². The number of nitrogens with zero attached hydrogens (tertiary/aromatic N) is 3. The minimum atomic E-state index is -0.635. The number of rotatable bonds is 3. The molecule has 25 heavy (non-hydrogen) atoms. The molecule has 130 valence electrons. The SMILES string of the molecule is Cc1[nH]nc(CN2CCc3[nH]cnc3[C@@H]2c2c(F)cccc2F)c1Cl. The lowest BCUT2D eigenvalue weighted by atomic mass is 9.94. The van der Waals surface area contributed by atoms with Crippen molar-refractivity contribution in [1.82, 2.24) is 25.1 Å². The molecule has 1 aromatic carbocycles. The van der Waals surface area contributed by atoms with Gasteiger partial charge >= 0.3 is 0 Å². The Morgan fingerprint density at radius 1 is 1.32 bits per heavy atom. The van der Waals surface area contributed by atoms with Crippen LogP contribution in [0.25, 0.3) is 0 Å². The Hall–Kier alpha value is -2.25. The third kappa shape index (κ3) is 2.73. The molecule has 0 amide bonds. The van der Waals surface area contributed by atoms with Crippen LogP contribution in [-0.2, 0) is 13.0 Å². The van der Waals surface area contributed by atoms with Crippen LogP contribution in [0.5, 0.6) is 0 Å². The predicted molar refractivity (Wildman–Crippen MR) is 89.2 cm³/mol. The molecule has 1 aliphatic rings. The van der Waals surface area contributed by atoms with Gasteiger partial charge in [-0.2, -0.15) is 5.10 Å². The van der Waals surface area contributed by atoms with E-state index < -0.39 is 17.7 Å². The second-order valence-corrected chi connectivity index (χ2v) is 6.51. The van der Waals surface area contributed by atoms with Gasteiger partial charge in [0.15, 0.2) is 0 Å². The molecule has 2 aromatic heterocycles. The molecule has 2 N–H and O–H groups in total. The second-order valence-electron chi connectivity index (χ2n) is 6.13. The maximum Gasteiger partial charge on any atom is 0.131 e. The first-order chi connectivity index (χ1) is 12.1. The number of hydrogen-bond acceptors (Lipinski definition) is 3. The monoisotopic (exact) mass is 363 g/mol. The van der Waals surface area contributed by atoms with E-state index in [-0.39, 0.29) is 5.56 Å². The summed E-state index contributed by atoms with van der Waals surface area (Å²) >= 11 is 6.27. The number of imidazole rings is 1. The molecule has 3 heterocycles. The maximum atomic E-state index is 14.5. The summed E-state index contributed by atoms with van der Waals surface area (Å²) in [7, 11) is 0. The van der Waals surface area contributed by atoms with Crippen LogP contribution in [0, 0.1) is 18.6 Å². The van der Waals surface area contributed by atoms with Gasteiger partial charge < -0.3 is 4.98 Å². The van der Waals surface area contributed by atoms with Gasteiger partial charge in [0.1, 0.15) is 11.6 Å². The minimum absolute atomic E-state index is 0.000991. The molecule has 0 fully saturated rings. The summed E-state index contributed by atoms with van der Waals surface area (Å²) < 4.78 is 29.0. The Labute approximate surface area is 148 Å². The molecule has 1 atom stereocenters. The van der Waals surface area contributed by atoms with Crippen LogP contribution in [-0.4, -0.2) is 31.6 Å². The third-order valence-corrected chi connectivity index (χ3v) is 5.09. The summed E-state index contributed by atoms with van der Waals surface area (Å²) in [6.45, 7) is 2.80. The summed E-state index contributed by atoms with van der Waals surface area (Å²) in [4.78, 5) is 9.34. The fraction of sp³-hybridized carbons (Fsp3) is 0.294. The van der Waals surface area contributed by atoms with Crippen molar-refractivity contribution in [1.29, 1.82) is 0 Å². The van der Waals surface area contributed by atoms with Crippen LogP contribution in [0.4, 0.5) is 8.78 Å². The van der Waals surface area contributed by atoms with Crippen LogP contribution >= 0.6 is 11.6 Å². The molecular formula is C17H16ClF2N5. The van der Waals surface area contributed by atoms with E-state index in [2.05, 4.69) is 20.2 Å². The normalized spacial score (nSPS) is 17.7. The van der Waals surface area contributed by atoms with Crippen LogP contribution < -0.4 is 0 Å². The van der Waals surface area contributed by atoms with Gasteiger partial charge in [0.05, 0.1) is 34.5 Å². The number of fused-ring (bicyclic) bond motifs is 1. The van der Waals surface area contributed by atoms with E-state index in [1.54, 1.807) is 6.33 Å². The van der Waals surface area contributed by atoms with E-state index in [0.717, 1.165) is 11.4 Å². The topological polar surface area (TPSA) is 60.6 Å². The van der Waals surface area contributed by atoms with E-state index in [9.17, 15) is 8.78 Å². The lowest BCUT2D eigenvalue weighted by Gasteiger charge is -2.35. The van der Waals surface area contributed by atoms with Crippen LogP contribution in [0.15, 0.2) is 24.5 Å². The molecule has 0 radical (unpaired) electrons. The largest absolute Gasteiger partial charge is 0.348 e. The number of aryl methyl sites for hydroxylation is 1. The van der Waals surface area contributed by atoms with Gasteiger partial charge in [-0.3, -0.25) is 10.00 Å². The fourth-order valence-corrected chi connectivity index (χ4v) is 3.49. The molecule has 8 heteroatoms. The number of aromatic nitrogens is 4. The van der Waals surface area contributed by atoms with E-state index in [1.807, 2.05) is 11.8 Å². The molecule has 0 bridgehead atoms. The van der Waals surface area contributed by atoms with E-state index in [4.69, 9.17) is 11.6 Å². The van der Waals surface area contributed by atoms with Crippen molar-refractivity contribution in [3.05, 3.63) is 69.5 Å². The molecule has 0 saturated carbocycles. The van der Waals surface area contributed by atoms with Gasteiger partial charge in [0, 0.05) is 30.8 Å². The first kappa shape index (κ1) is 16.2. The van der Waals surface area contributed by atoms with Gasteiger partial charge in [-0.1, -0.05) is 17.7 Å². The number of H-pyrrole nitrogens is 2. The molecule has 3 aromatic rings. The highest BCUT2D eigenvalue weighted by Gasteiger charge is 2.35. The molecule has 0 saturated heterocycles. The first-order valence-electron chi connectivity index (χ1n) is 7.95. The Morgan fingerprint density at radius 3 is 2.76 bits per heavy atom. The summed E-state index contributed by atoms with van der Waals surface area (Å²) in [5.41, 5.74) is 2.95. The van der Waals surface area contributed by atoms with Crippen molar-refractivity contribution in [2.75, 3.05) is 6.54 Å². The molecule has 0 aliphatic carbocycles. The standard InChI is InChI=1S/C17H16ClF2N5/c1-9-15(18)13(24-23-9)7-25-6-5-12-16(22-8-21-12)17(25)14-10(19)3-2-4-11(14)20/h2-4,8,17H,5-7H2,1H3,(H,21,22)(H,23,24)/t17-/m0/s1. The van der Waals surface area contributed by atoms with Crippen molar-refractivity contribution >= 4 is 11.6 Å². The number of halogens is 3. The highest BCUT2D eigenvalue weighted by molar-refractivity contribution is 6.31. The molecule has 5 nitrogen and oxygen atoms in total. The minimum Gasteiger partial charge on any atom is -0.348 e. The van der Waals surface area contributed by atoms with E-state index in [1.165, 1.54) is 18.2 Å². The Bertz CT molecular complexity index is 899. The molecule has 4 rings (SSSR count). The predicted octanol–water partition coefficient (Wildman–Crippen LogP) is 3.52. The summed E-state index contributed by atoms with van der Waals surface area (Å²) in [5, 5.41) is 7.59. The Balaban J connectivity index is 1.79. The Kier molecular flexibility index (Phi) is 4.05. The van der Waals surface area contributed by atoms with Crippen molar-refractivity contribution in [3.8, 4) is 0 Å². The zero-order valence-electron chi connectivity index (χ0n) is 13.5. The van der Waals surface area contributed by atoms with Gasteiger partial charge in [-0.25, -0.2) is 13.8 Å². The smallest absolute Gasteiger partial charge is 0.131 e. The average molecular weight is 364 g/mol. The highest BCUT2D eigenvalue weighted by atomic mass is 35.5. The summed E-state index contributed by atoms with van der Waals surface area (Å²) in [6.07, 6.45) is 2.27. The van der Waals surface area contributed by atoms with Crippen molar-refractivity contribution in [2.45, 2.75) is 25.9 Å². The second kappa shape index (κ2) is 6.24. The lowest BCUT2D eigenvalue weighted by molar-refractivity contribution is 0.190. The Morgan fingerprint density at radius 2 is 2.08 bits per heavy atom. The summed E-state index contributed by atoms with van der Waals surface area (Å²) in [6, 6.07) is 3.26. The number of benzene rings is 1. The lowest BCUT2D eigenvalue weighted by Crippen LogP contribution is -2.37. The van der Waals surface area contributed by atoms with Gasteiger partial charge in [0.25, 0.3) is 0 Å². The van der Waals surface area contributed by atoms with Crippen molar-refractivity contribution < 1.29 is 8.78 Å². The molecule has 0 spiro atoms. The molecule has 0 unspecified atom stereocenters. The highest BCUT2D eigenvalue weighted by Crippen LogP contribution is 2.37. The number of aromatic amines is 2. The maximum absolute atomic E-state index is 14.5.